The minimum atomic E-state index is 0.289. The quantitative estimate of drug-likeness (QED) is 0.902. The van der Waals surface area contributed by atoms with Gasteiger partial charge in [-0.05, 0) is 43.4 Å². The largest absolute Gasteiger partial charge is 0.396 e. The topological polar surface area (TPSA) is 23.5 Å². The molecule has 20 heavy (non-hydrogen) atoms. The van der Waals surface area contributed by atoms with E-state index in [9.17, 15) is 0 Å². The summed E-state index contributed by atoms with van der Waals surface area (Å²) in [7, 11) is 0. The summed E-state index contributed by atoms with van der Waals surface area (Å²) >= 11 is 0. The predicted molar refractivity (Wildman–Crippen MR) is 84.2 cm³/mol. The van der Waals surface area contributed by atoms with E-state index in [1.54, 1.807) is 0 Å². The van der Waals surface area contributed by atoms with E-state index >= 15 is 0 Å². The van der Waals surface area contributed by atoms with Crippen molar-refractivity contribution in [3.8, 4) is 0 Å². The molecule has 2 fully saturated rings. The van der Waals surface area contributed by atoms with Crippen LogP contribution in [0.2, 0.25) is 0 Å². The van der Waals surface area contributed by atoms with E-state index in [0.717, 1.165) is 12.8 Å². The summed E-state index contributed by atoms with van der Waals surface area (Å²) in [5, 5.41) is 8.95. The zero-order valence-electron chi connectivity index (χ0n) is 12.5. The summed E-state index contributed by atoms with van der Waals surface area (Å²) < 4.78 is 0. The van der Waals surface area contributed by atoms with Crippen molar-refractivity contribution < 1.29 is 5.11 Å². The van der Waals surface area contributed by atoms with Crippen LogP contribution in [0.4, 0.5) is 5.69 Å². The number of hydrogen-bond donors (Lipinski definition) is 1. The first kappa shape index (κ1) is 13.9. The van der Waals surface area contributed by atoms with Crippen LogP contribution in [0.15, 0.2) is 24.3 Å². The highest BCUT2D eigenvalue weighted by Crippen LogP contribution is 2.44. The molecule has 0 radical (unpaired) electrons. The zero-order valence-corrected chi connectivity index (χ0v) is 12.5. The fourth-order valence-electron chi connectivity index (χ4n) is 3.93. The molecule has 3 rings (SSSR count). The van der Waals surface area contributed by atoms with Crippen molar-refractivity contribution in [2.75, 3.05) is 24.6 Å². The molecule has 1 aliphatic heterocycles. The van der Waals surface area contributed by atoms with E-state index in [1.807, 2.05) is 0 Å². The van der Waals surface area contributed by atoms with Crippen molar-refractivity contribution >= 4 is 5.69 Å². The van der Waals surface area contributed by atoms with Crippen LogP contribution in [0.25, 0.3) is 0 Å². The number of hydrogen-bond acceptors (Lipinski definition) is 2. The molecule has 0 atom stereocenters. The minimum absolute atomic E-state index is 0.289. The molecule has 1 spiro atoms. The van der Waals surface area contributed by atoms with Gasteiger partial charge in [0.25, 0.3) is 0 Å². The van der Waals surface area contributed by atoms with Crippen molar-refractivity contribution in [3.63, 3.8) is 0 Å². The number of anilines is 1. The Hall–Kier alpha value is -1.02. The van der Waals surface area contributed by atoms with E-state index in [1.165, 1.54) is 62.9 Å². The maximum atomic E-state index is 8.95. The maximum Gasteiger partial charge on any atom is 0.0434 e. The fraction of sp³-hybridized carbons (Fsp3) is 0.667. The maximum absolute atomic E-state index is 8.95. The molecule has 110 valence electrons. The number of aliphatic hydroxyl groups excluding tert-OH is 1. The monoisotopic (exact) mass is 273 g/mol. The molecule has 2 aliphatic rings. The second-order valence-electron chi connectivity index (χ2n) is 6.77. The van der Waals surface area contributed by atoms with Crippen LogP contribution in [0.3, 0.4) is 0 Å². The first-order chi connectivity index (χ1) is 9.81. The fourth-order valence-corrected chi connectivity index (χ4v) is 3.93. The van der Waals surface area contributed by atoms with E-state index in [2.05, 4.69) is 29.2 Å². The first-order valence-corrected chi connectivity index (χ1v) is 8.26. The molecule has 1 saturated heterocycles. The van der Waals surface area contributed by atoms with Gasteiger partial charge in [0.05, 0.1) is 0 Å². The summed E-state index contributed by atoms with van der Waals surface area (Å²) in [5.74, 6) is 0. The van der Waals surface area contributed by atoms with Crippen LogP contribution < -0.4 is 4.90 Å². The molecular weight excluding hydrogens is 246 g/mol. The lowest BCUT2D eigenvalue weighted by molar-refractivity contribution is 0.180. The summed E-state index contributed by atoms with van der Waals surface area (Å²) in [6, 6.07) is 8.91. The predicted octanol–water partition coefficient (Wildman–Crippen LogP) is 3.77. The van der Waals surface area contributed by atoms with Crippen LogP contribution in [-0.4, -0.2) is 24.8 Å². The second kappa shape index (κ2) is 6.17. The Morgan fingerprint density at radius 2 is 1.80 bits per heavy atom. The molecule has 0 amide bonds. The molecule has 2 heteroatoms. The number of rotatable bonds is 4. The number of aliphatic hydroxyl groups is 1. The molecule has 1 aromatic carbocycles. The van der Waals surface area contributed by atoms with Crippen molar-refractivity contribution in [3.05, 3.63) is 29.8 Å². The van der Waals surface area contributed by atoms with Crippen molar-refractivity contribution in [2.45, 2.75) is 51.4 Å². The first-order valence-electron chi connectivity index (χ1n) is 8.26. The third-order valence-electron chi connectivity index (χ3n) is 5.12. The summed E-state index contributed by atoms with van der Waals surface area (Å²) in [6.07, 6.45) is 10.5. The van der Waals surface area contributed by atoms with E-state index in [4.69, 9.17) is 5.11 Å². The van der Waals surface area contributed by atoms with Gasteiger partial charge >= 0.3 is 0 Å². The van der Waals surface area contributed by atoms with E-state index in [-0.39, 0.29) is 6.61 Å². The summed E-state index contributed by atoms with van der Waals surface area (Å²) in [4.78, 5) is 2.55. The van der Waals surface area contributed by atoms with Gasteiger partial charge in [-0.15, -0.1) is 0 Å². The van der Waals surface area contributed by atoms with Gasteiger partial charge in [-0.3, -0.25) is 0 Å². The number of benzene rings is 1. The molecule has 0 unspecified atom stereocenters. The Morgan fingerprint density at radius 1 is 1.05 bits per heavy atom. The Morgan fingerprint density at radius 3 is 2.50 bits per heavy atom. The van der Waals surface area contributed by atoms with Gasteiger partial charge in [-0.25, -0.2) is 0 Å². The van der Waals surface area contributed by atoms with Gasteiger partial charge in [0.2, 0.25) is 0 Å². The highest BCUT2D eigenvalue weighted by Gasteiger charge is 2.42. The van der Waals surface area contributed by atoms with Gasteiger partial charge in [-0.1, -0.05) is 37.8 Å². The summed E-state index contributed by atoms with van der Waals surface area (Å²) in [5.41, 5.74) is 3.38. The zero-order chi connectivity index (χ0) is 13.8. The lowest BCUT2D eigenvalue weighted by Gasteiger charge is -2.51. The van der Waals surface area contributed by atoms with Crippen LogP contribution in [0.1, 0.15) is 50.5 Å². The van der Waals surface area contributed by atoms with Gasteiger partial charge in [0.1, 0.15) is 0 Å². The second-order valence-corrected chi connectivity index (χ2v) is 6.77. The van der Waals surface area contributed by atoms with Crippen LogP contribution >= 0.6 is 0 Å². The molecule has 1 saturated carbocycles. The van der Waals surface area contributed by atoms with Crippen molar-refractivity contribution in [2.24, 2.45) is 5.41 Å². The Labute approximate surface area is 122 Å². The standard InChI is InChI=1S/C18H27NO/c20-12-6-8-16-7-5-9-17(13-16)19-14-18(15-19)10-3-1-2-4-11-18/h5,7,9,13,20H,1-4,6,8,10-12,14-15H2. The molecule has 1 N–H and O–H groups in total. The highest BCUT2D eigenvalue weighted by atomic mass is 16.2. The van der Waals surface area contributed by atoms with Gasteiger partial charge in [-0.2, -0.15) is 0 Å². The Kier molecular flexibility index (Phi) is 4.30. The number of nitrogens with zero attached hydrogens (tertiary/aromatic N) is 1. The third-order valence-corrected chi connectivity index (χ3v) is 5.12. The summed E-state index contributed by atoms with van der Waals surface area (Å²) in [6.45, 7) is 2.81. The molecule has 2 nitrogen and oxygen atoms in total. The molecule has 0 bridgehead atoms. The third kappa shape index (κ3) is 3.01. The normalized spacial score (nSPS) is 21.6. The van der Waals surface area contributed by atoms with Gasteiger partial charge in [0, 0.05) is 30.8 Å². The molecule has 1 heterocycles. The molecule has 1 aromatic rings. The SMILES string of the molecule is OCCCc1cccc(N2CC3(CCCCCC3)C2)c1. The van der Waals surface area contributed by atoms with E-state index < -0.39 is 0 Å². The smallest absolute Gasteiger partial charge is 0.0434 e. The lowest BCUT2D eigenvalue weighted by Crippen LogP contribution is -2.56. The van der Waals surface area contributed by atoms with Crippen molar-refractivity contribution in [1.29, 1.82) is 0 Å². The lowest BCUT2D eigenvalue weighted by atomic mass is 9.73. The highest BCUT2D eigenvalue weighted by molar-refractivity contribution is 5.51. The van der Waals surface area contributed by atoms with E-state index in [0.29, 0.717) is 5.41 Å². The average Bonchev–Trinajstić information content (AvgIpc) is 2.69. The number of aryl methyl sites for hydroxylation is 1. The van der Waals surface area contributed by atoms with Crippen LogP contribution in [0.5, 0.6) is 0 Å². The van der Waals surface area contributed by atoms with Crippen LogP contribution in [0, 0.1) is 5.41 Å². The minimum Gasteiger partial charge on any atom is -0.396 e. The van der Waals surface area contributed by atoms with Crippen LogP contribution in [-0.2, 0) is 6.42 Å². The molecular formula is C18H27NO. The molecule has 0 aromatic heterocycles. The molecule has 1 aliphatic carbocycles. The van der Waals surface area contributed by atoms with Gasteiger partial charge in [0.15, 0.2) is 0 Å². The van der Waals surface area contributed by atoms with Gasteiger partial charge < -0.3 is 10.0 Å². The van der Waals surface area contributed by atoms with Crippen molar-refractivity contribution in [1.82, 2.24) is 0 Å². The Bertz CT molecular complexity index is 427. The Balaban J connectivity index is 1.61. The average molecular weight is 273 g/mol.